The predicted molar refractivity (Wildman–Crippen MR) is 127 cm³/mol. The van der Waals surface area contributed by atoms with Crippen LogP contribution in [0.4, 0.5) is 11.4 Å². The van der Waals surface area contributed by atoms with E-state index in [9.17, 15) is 14.4 Å². The molecule has 0 bridgehead atoms. The molecule has 1 atom stereocenters. The zero-order valence-corrected chi connectivity index (χ0v) is 19.1. The topological polar surface area (TPSA) is 109 Å². The molecule has 3 heterocycles. The maximum atomic E-state index is 13.4. The standard InChI is InChI=1S/C26H30N4O4/c31-23(20-8-4-5-13-27-20)30-22(17-6-2-1-3-7-17)24(32)28-18-9-10-19-21(16-18)29-25(33)26(19)11-14-34-15-12-26/h4-5,8-10,13,16-17,22H,1-3,6-7,11-12,14-15H2,(H,28,32)(H,29,33)(H,30,31). The van der Waals surface area contributed by atoms with E-state index in [2.05, 4.69) is 20.9 Å². The third-order valence-corrected chi connectivity index (χ3v) is 7.42. The summed E-state index contributed by atoms with van der Waals surface area (Å²) in [5, 5.41) is 8.91. The highest BCUT2D eigenvalue weighted by molar-refractivity contribution is 6.07. The first-order valence-electron chi connectivity index (χ1n) is 12.1. The Labute approximate surface area is 198 Å². The minimum Gasteiger partial charge on any atom is -0.381 e. The van der Waals surface area contributed by atoms with Crippen molar-refractivity contribution in [1.82, 2.24) is 10.3 Å². The highest BCUT2D eigenvalue weighted by Gasteiger charge is 2.47. The van der Waals surface area contributed by atoms with Gasteiger partial charge in [-0.15, -0.1) is 0 Å². The van der Waals surface area contributed by atoms with E-state index in [0.29, 0.717) is 31.7 Å². The lowest BCUT2D eigenvalue weighted by atomic mass is 9.75. The Hall–Kier alpha value is -3.26. The summed E-state index contributed by atoms with van der Waals surface area (Å²) in [4.78, 5) is 43.1. The first-order chi connectivity index (χ1) is 16.6. The first-order valence-corrected chi connectivity index (χ1v) is 12.1. The Balaban J connectivity index is 1.34. The van der Waals surface area contributed by atoms with Gasteiger partial charge in [0.2, 0.25) is 11.8 Å². The quantitative estimate of drug-likeness (QED) is 0.631. The molecule has 5 rings (SSSR count). The van der Waals surface area contributed by atoms with Crippen LogP contribution >= 0.6 is 0 Å². The molecule has 2 aliphatic heterocycles. The van der Waals surface area contributed by atoms with Crippen LogP contribution in [0.15, 0.2) is 42.6 Å². The van der Waals surface area contributed by atoms with Crippen molar-refractivity contribution in [2.75, 3.05) is 23.8 Å². The Bertz CT molecular complexity index is 1080. The van der Waals surface area contributed by atoms with Crippen LogP contribution in [0.5, 0.6) is 0 Å². The van der Waals surface area contributed by atoms with E-state index in [0.717, 1.165) is 43.4 Å². The number of nitrogens with zero attached hydrogens (tertiary/aromatic N) is 1. The van der Waals surface area contributed by atoms with E-state index in [1.165, 1.54) is 0 Å². The molecule has 34 heavy (non-hydrogen) atoms. The third-order valence-electron chi connectivity index (χ3n) is 7.42. The van der Waals surface area contributed by atoms with Gasteiger partial charge in [-0.05, 0) is 61.4 Å². The number of fused-ring (bicyclic) bond motifs is 2. The van der Waals surface area contributed by atoms with Gasteiger partial charge in [0.05, 0.1) is 5.41 Å². The second-order valence-corrected chi connectivity index (χ2v) is 9.46. The molecular weight excluding hydrogens is 432 g/mol. The van der Waals surface area contributed by atoms with Crippen molar-refractivity contribution < 1.29 is 19.1 Å². The van der Waals surface area contributed by atoms with Crippen LogP contribution in [0, 0.1) is 5.92 Å². The normalized spacial score (nSPS) is 20.3. The number of hydrogen-bond donors (Lipinski definition) is 3. The molecule has 1 unspecified atom stereocenters. The number of carbonyl (C=O) groups excluding carboxylic acids is 3. The maximum absolute atomic E-state index is 13.4. The number of anilines is 2. The van der Waals surface area contributed by atoms with Crippen LogP contribution in [0.2, 0.25) is 0 Å². The highest BCUT2D eigenvalue weighted by atomic mass is 16.5. The number of rotatable bonds is 5. The van der Waals surface area contributed by atoms with E-state index in [4.69, 9.17) is 4.74 Å². The number of hydrogen-bond acceptors (Lipinski definition) is 5. The van der Waals surface area contributed by atoms with E-state index in [-0.39, 0.29) is 29.3 Å². The van der Waals surface area contributed by atoms with E-state index in [1.54, 1.807) is 24.4 Å². The van der Waals surface area contributed by atoms with Crippen LogP contribution in [0.25, 0.3) is 0 Å². The SMILES string of the molecule is O=C(NC(C(=O)Nc1ccc2c(c1)NC(=O)C21CCOCC1)C1CCCCC1)c1ccccn1. The molecule has 1 saturated carbocycles. The average Bonchev–Trinajstić information content (AvgIpc) is 3.13. The largest absolute Gasteiger partial charge is 0.381 e. The summed E-state index contributed by atoms with van der Waals surface area (Å²) in [6.45, 7) is 1.12. The first kappa shape index (κ1) is 22.5. The van der Waals surface area contributed by atoms with Crippen LogP contribution < -0.4 is 16.0 Å². The molecule has 0 radical (unpaired) electrons. The molecule has 1 spiro atoms. The lowest BCUT2D eigenvalue weighted by Crippen LogP contribution is -2.49. The average molecular weight is 463 g/mol. The van der Waals surface area contributed by atoms with E-state index >= 15 is 0 Å². The van der Waals surface area contributed by atoms with Gasteiger partial charge in [-0.3, -0.25) is 19.4 Å². The molecule has 2 aromatic rings. The summed E-state index contributed by atoms with van der Waals surface area (Å²) in [6, 6.07) is 10.1. The second kappa shape index (κ2) is 9.54. The van der Waals surface area contributed by atoms with Crippen molar-refractivity contribution in [3.05, 3.63) is 53.9 Å². The van der Waals surface area contributed by atoms with Gasteiger partial charge in [0.15, 0.2) is 0 Å². The third kappa shape index (κ3) is 4.30. The van der Waals surface area contributed by atoms with Gasteiger partial charge < -0.3 is 20.7 Å². The van der Waals surface area contributed by atoms with Gasteiger partial charge in [0.1, 0.15) is 11.7 Å². The van der Waals surface area contributed by atoms with Gasteiger partial charge in [0.25, 0.3) is 5.91 Å². The zero-order chi connectivity index (χ0) is 23.5. The van der Waals surface area contributed by atoms with Gasteiger partial charge in [0, 0.05) is 30.8 Å². The molecule has 178 valence electrons. The minimum atomic E-state index is -0.653. The van der Waals surface area contributed by atoms with Crippen molar-refractivity contribution in [2.45, 2.75) is 56.4 Å². The van der Waals surface area contributed by atoms with Crippen molar-refractivity contribution in [3.8, 4) is 0 Å². The van der Waals surface area contributed by atoms with Gasteiger partial charge >= 0.3 is 0 Å². The zero-order valence-electron chi connectivity index (χ0n) is 19.1. The molecular formula is C26H30N4O4. The van der Waals surface area contributed by atoms with E-state index in [1.807, 2.05) is 18.2 Å². The number of amides is 3. The van der Waals surface area contributed by atoms with Gasteiger partial charge in [-0.25, -0.2) is 0 Å². The fraction of sp³-hybridized carbons (Fsp3) is 0.462. The smallest absolute Gasteiger partial charge is 0.270 e. The Morgan fingerprint density at radius 3 is 2.62 bits per heavy atom. The van der Waals surface area contributed by atoms with Gasteiger partial charge in [-0.1, -0.05) is 31.4 Å². The summed E-state index contributed by atoms with van der Waals surface area (Å²) < 4.78 is 5.47. The molecule has 3 amide bonds. The van der Waals surface area contributed by atoms with Crippen LogP contribution in [-0.4, -0.2) is 42.0 Å². The summed E-state index contributed by atoms with van der Waals surface area (Å²) in [5.74, 6) is -0.534. The summed E-state index contributed by atoms with van der Waals surface area (Å²) in [6.07, 6.45) is 7.90. The minimum absolute atomic E-state index is 0.00279. The summed E-state index contributed by atoms with van der Waals surface area (Å²) >= 11 is 0. The highest BCUT2D eigenvalue weighted by Crippen LogP contribution is 2.45. The number of pyridine rings is 1. The van der Waals surface area contributed by atoms with Crippen molar-refractivity contribution >= 4 is 29.1 Å². The maximum Gasteiger partial charge on any atom is 0.270 e. The van der Waals surface area contributed by atoms with Crippen LogP contribution in [-0.2, 0) is 19.7 Å². The number of aromatic nitrogens is 1. The number of benzene rings is 1. The molecule has 1 aromatic heterocycles. The second-order valence-electron chi connectivity index (χ2n) is 9.46. The predicted octanol–water partition coefficient (Wildman–Crippen LogP) is 3.40. The number of nitrogens with one attached hydrogen (secondary N) is 3. The van der Waals surface area contributed by atoms with Gasteiger partial charge in [-0.2, -0.15) is 0 Å². The van der Waals surface area contributed by atoms with Crippen LogP contribution in [0.1, 0.15) is 61.0 Å². The Morgan fingerprint density at radius 2 is 1.88 bits per heavy atom. The summed E-state index contributed by atoms with van der Waals surface area (Å²) in [7, 11) is 0. The molecule has 1 aromatic carbocycles. The fourth-order valence-corrected chi connectivity index (χ4v) is 5.52. The molecule has 3 aliphatic rings. The van der Waals surface area contributed by atoms with Crippen molar-refractivity contribution in [1.29, 1.82) is 0 Å². The molecule has 8 heteroatoms. The lowest BCUT2D eigenvalue weighted by molar-refractivity contribution is -0.124. The molecule has 1 saturated heterocycles. The lowest BCUT2D eigenvalue weighted by Gasteiger charge is -2.31. The fourth-order valence-electron chi connectivity index (χ4n) is 5.52. The molecule has 8 nitrogen and oxygen atoms in total. The molecule has 3 N–H and O–H groups in total. The van der Waals surface area contributed by atoms with Crippen molar-refractivity contribution in [3.63, 3.8) is 0 Å². The van der Waals surface area contributed by atoms with Crippen LogP contribution in [0.3, 0.4) is 0 Å². The number of carbonyl (C=O) groups is 3. The molecule has 1 aliphatic carbocycles. The Morgan fingerprint density at radius 1 is 1.09 bits per heavy atom. The molecule has 2 fully saturated rings. The Kier molecular flexibility index (Phi) is 6.32. The van der Waals surface area contributed by atoms with E-state index < -0.39 is 11.5 Å². The van der Waals surface area contributed by atoms with Crippen molar-refractivity contribution in [2.24, 2.45) is 5.92 Å². The number of ether oxygens (including phenoxy) is 1. The monoisotopic (exact) mass is 462 g/mol. The summed E-state index contributed by atoms with van der Waals surface area (Å²) in [5.41, 5.74) is 2.04.